The fourth-order valence-electron chi connectivity index (χ4n) is 3.88. The highest BCUT2D eigenvalue weighted by Gasteiger charge is 2.43. The summed E-state index contributed by atoms with van der Waals surface area (Å²) < 4.78 is 0. The van der Waals surface area contributed by atoms with E-state index < -0.39 is 0 Å². The van der Waals surface area contributed by atoms with Gasteiger partial charge in [-0.1, -0.05) is 6.07 Å². The van der Waals surface area contributed by atoms with Crippen molar-refractivity contribution in [1.29, 1.82) is 0 Å². The van der Waals surface area contributed by atoms with Crippen molar-refractivity contribution >= 4 is 23.3 Å². The summed E-state index contributed by atoms with van der Waals surface area (Å²) in [5, 5.41) is 5.09. The van der Waals surface area contributed by atoms with Crippen molar-refractivity contribution in [3.05, 3.63) is 22.4 Å². The molecule has 0 spiro atoms. The standard InChI is InChI=1S/C18H25N3O2S/c22-17-14-5-6-15(21(17)10-13-3-4-13)12-20(11-14)18(23)19-8-7-16-2-1-9-24-16/h1-2,9,13-15H,3-8,10-12H2,(H,19,23)/t14-,15+/m0/s1. The van der Waals surface area contributed by atoms with Crippen LogP contribution in [0.5, 0.6) is 0 Å². The third-order valence-corrected chi connectivity index (χ3v) is 6.40. The van der Waals surface area contributed by atoms with Crippen molar-refractivity contribution in [2.24, 2.45) is 11.8 Å². The molecule has 130 valence electrons. The van der Waals surface area contributed by atoms with E-state index >= 15 is 0 Å². The maximum absolute atomic E-state index is 12.7. The van der Waals surface area contributed by atoms with E-state index in [0.717, 1.165) is 25.8 Å². The van der Waals surface area contributed by atoms with E-state index in [1.54, 1.807) is 11.3 Å². The highest BCUT2D eigenvalue weighted by molar-refractivity contribution is 7.09. The second-order valence-corrected chi connectivity index (χ2v) is 8.36. The third kappa shape index (κ3) is 3.43. The molecule has 0 radical (unpaired) electrons. The normalized spacial score (nSPS) is 26.6. The van der Waals surface area contributed by atoms with Gasteiger partial charge >= 0.3 is 6.03 Å². The summed E-state index contributed by atoms with van der Waals surface area (Å²) in [5.41, 5.74) is 0. The van der Waals surface area contributed by atoms with Gasteiger partial charge in [0.05, 0.1) is 5.92 Å². The maximum atomic E-state index is 12.7. The van der Waals surface area contributed by atoms with Crippen LogP contribution in [-0.2, 0) is 11.2 Å². The lowest BCUT2D eigenvalue weighted by Crippen LogP contribution is -2.49. The maximum Gasteiger partial charge on any atom is 0.317 e. The van der Waals surface area contributed by atoms with Gasteiger partial charge in [0.25, 0.3) is 0 Å². The molecule has 0 aromatic carbocycles. The van der Waals surface area contributed by atoms with E-state index in [4.69, 9.17) is 0 Å². The molecule has 3 amide bonds. The number of amides is 3. The zero-order chi connectivity index (χ0) is 16.5. The number of urea groups is 1. The van der Waals surface area contributed by atoms with Crippen LogP contribution < -0.4 is 5.32 Å². The summed E-state index contributed by atoms with van der Waals surface area (Å²) >= 11 is 1.72. The Balaban J connectivity index is 1.34. The van der Waals surface area contributed by atoms with Crippen molar-refractivity contribution in [3.63, 3.8) is 0 Å². The highest BCUT2D eigenvalue weighted by atomic mass is 32.1. The van der Waals surface area contributed by atoms with Crippen LogP contribution in [0, 0.1) is 11.8 Å². The molecule has 1 aromatic rings. The lowest BCUT2D eigenvalue weighted by Gasteiger charge is -2.36. The molecule has 5 nitrogen and oxygen atoms in total. The Hall–Kier alpha value is -1.56. The first-order valence-corrected chi connectivity index (χ1v) is 9.94. The van der Waals surface area contributed by atoms with Crippen molar-refractivity contribution in [2.45, 2.75) is 38.1 Å². The Bertz CT molecular complexity index is 599. The van der Waals surface area contributed by atoms with E-state index in [-0.39, 0.29) is 23.9 Å². The molecule has 1 saturated carbocycles. The molecule has 4 aliphatic rings. The number of hydrogen-bond acceptors (Lipinski definition) is 3. The molecule has 4 fully saturated rings. The molecule has 1 N–H and O–H groups in total. The van der Waals surface area contributed by atoms with Gasteiger partial charge in [0.2, 0.25) is 5.91 Å². The third-order valence-electron chi connectivity index (χ3n) is 5.46. The van der Waals surface area contributed by atoms with Crippen LogP contribution in [-0.4, -0.2) is 54.0 Å². The number of piperidine rings is 1. The number of thiophene rings is 1. The van der Waals surface area contributed by atoms with E-state index in [9.17, 15) is 9.59 Å². The monoisotopic (exact) mass is 347 g/mol. The second-order valence-electron chi connectivity index (χ2n) is 7.33. The van der Waals surface area contributed by atoms with Gasteiger partial charge in [-0.2, -0.15) is 0 Å². The summed E-state index contributed by atoms with van der Waals surface area (Å²) in [7, 11) is 0. The number of nitrogens with one attached hydrogen (secondary N) is 1. The summed E-state index contributed by atoms with van der Waals surface area (Å²) in [5.74, 6) is 0.999. The fourth-order valence-corrected chi connectivity index (χ4v) is 4.59. The Kier molecular flexibility index (Phi) is 4.48. The molecule has 1 aromatic heterocycles. The van der Waals surface area contributed by atoms with Crippen molar-refractivity contribution in [1.82, 2.24) is 15.1 Å². The molecular formula is C18H25N3O2S. The molecule has 2 bridgehead atoms. The molecule has 5 rings (SSSR count). The van der Waals surface area contributed by atoms with E-state index in [1.807, 2.05) is 11.0 Å². The number of fused-ring (bicyclic) bond motifs is 4. The lowest BCUT2D eigenvalue weighted by atomic mass is 9.94. The van der Waals surface area contributed by atoms with Crippen molar-refractivity contribution < 1.29 is 9.59 Å². The number of nitrogens with zero attached hydrogens (tertiary/aromatic N) is 2. The van der Waals surface area contributed by atoms with E-state index in [0.29, 0.717) is 25.6 Å². The number of carbonyl (C=O) groups is 2. The Morgan fingerprint density at radius 1 is 1.25 bits per heavy atom. The van der Waals surface area contributed by atoms with E-state index in [1.165, 1.54) is 17.7 Å². The van der Waals surface area contributed by atoms with Gasteiger partial charge < -0.3 is 15.1 Å². The van der Waals surface area contributed by atoms with Gasteiger partial charge in [0.1, 0.15) is 0 Å². The average Bonchev–Trinajstić information content (AvgIpc) is 3.32. The minimum absolute atomic E-state index is 0.00514. The largest absolute Gasteiger partial charge is 0.338 e. The molecule has 4 heterocycles. The van der Waals surface area contributed by atoms with Gasteiger partial charge in [0, 0.05) is 37.1 Å². The first-order valence-electron chi connectivity index (χ1n) is 9.06. The van der Waals surface area contributed by atoms with Gasteiger partial charge in [-0.25, -0.2) is 4.79 Å². The molecule has 1 aliphatic carbocycles. The zero-order valence-electron chi connectivity index (χ0n) is 13.9. The van der Waals surface area contributed by atoms with Crippen LogP contribution in [0.1, 0.15) is 30.6 Å². The van der Waals surface area contributed by atoms with Crippen LogP contribution in [0.2, 0.25) is 0 Å². The Morgan fingerprint density at radius 2 is 2.12 bits per heavy atom. The highest BCUT2D eigenvalue weighted by Crippen LogP contribution is 2.35. The molecule has 24 heavy (non-hydrogen) atoms. The molecule has 0 unspecified atom stereocenters. The minimum atomic E-state index is -0.00970. The topological polar surface area (TPSA) is 52.7 Å². The van der Waals surface area contributed by atoms with Gasteiger partial charge in [-0.05, 0) is 49.5 Å². The van der Waals surface area contributed by atoms with Gasteiger partial charge in [-0.15, -0.1) is 11.3 Å². The zero-order valence-corrected chi connectivity index (χ0v) is 14.8. The van der Waals surface area contributed by atoms with Gasteiger partial charge in [-0.3, -0.25) is 4.79 Å². The van der Waals surface area contributed by atoms with Crippen molar-refractivity contribution in [3.8, 4) is 0 Å². The Morgan fingerprint density at radius 3 is 2.88 bits per heavy atom. The second kappa shape index (κ2) is 6.75. The van der Waals surface area contributed by atoms with Crippen molar-refractivity contribution in [2.75, 3.05) is 26.2 Å². The molecule has 3 saturated heterocycles. The van der Waals surface area contributed by atoms with Crippen LogP contribution in [0.4, 0.5) is 4.79 Å². The minimum Gasteiger partial charge on any atom is -0.338 e. The van der Waals surface area contributed by atoms with Crippen LogP contribution in [0.15, 0.2) is 17.5 Å². The fraction of sp³-hybridized carbons (Fsp3) is 0.667. The number of rotatable bonds is 5. The number of carbonyl (C=O) groups excluding carboxylic acids is 2. The lowest BCUT2D eigenvalue weighted by molar-refractivity contribution is -0.140. The van der Waals surface area contributed by atoms with Crippen LogP contribution in [0.25, 0.3) is 0 Å². The smallest absolute Gasteiger partial charge is 0.317 e. The first kappa shape index (κ1) is 15.9. The first-order chi connectivity index (χ1) is 11.7. The number of hydrogen-bond donors (Lipinski definition) is 1. The van der Waals surface area contributed by atoms with Gasteiger partial charge in [0.15, 0.2) is 0 Å². The molecule has 6 heteroatoms. The molecule has 2 atom stereocenters. The quantitative estimate of drug-likeness (QED) is 0.889. The summed E-state index contributed by atoms with van der Waals surface area (Å²) in [4.78, 5) is 30.5. The average molecular weight is 347 g/mol. The van der Waals surface area contributed by atoms with Crippen LogP contribution in [0.3, 0.4) is 0 Å². The SMILES string of the molecule is O=C(NCCc1cccs1)N1C[C@@H]2CC[C@H](C1)N(CC1CC1)C2=O. The summed E-state index contributed by atoms with van der Waals surface area (Å²) in [6.45, 7) is 2.85. The predicted octanol–water partition coefficient (Wildman–Crippen LogP) is 2.33. The molecular weight excluding hydrogens is 322 g/mol. The van der Waals surface area contributed by atoms with E-state index in [2.05, 4.69) is 21.7 Å². The summed E-state index contributed by atoms with van der Waals surface area (Å²) in [6, 6.07) is 4.34. The Labute approximate surface area is 147 Å². The predicted molar refractivity (Wildman–Crippen MR) is 93.9 cm³/mol. The molecule has 3 aliphatic heterocycles. The van der Waals surface area contributed by atoms with Crippen LogP contribution >= 0.6 is 11.3 Å². The summed E-state index contributed by atoms with van der Waals surface area (Å²) in [6.07, 6.45) is 5.37.